The second kappa shape index (κ2) is 17.6. The summed E-state index contributed by atoms with van der Waals surface area (Å²) in [6.45, 7) is 2.89. The normalized spacial score (nSPS) is 24.8. The highest BCUT2D eigenvalue weighted by Crippen LogP contribution is 2.34. The van der Waals surface area contributed by atoms with Gasteiger partial charge in [-0.15, -0.1) is 0 Å². The van der Waals surface area contributed by atoms with E-state index >= 15 is 0 Å². The van der Waals surface area contributed by atoms with E-state index in [0.29, 0.717) is 39.7 Å². The van der Waals surface area contributed by atoms with Crippen LogP contribution < -0.4 is 24.8 Å². The molecular weight excluding hydrogens is 761 g/mol. The van der Waals surface area contributed by atoms with Crippen LogP contribution in [0.25, 0.3) is 0 Å². The number of hydrogen-bond acceptors (Lipinski definition) is 10. The zero-order valence-electron chi connectivity index (χ0n) is 34.2. The summed E-state index contributed by atoms with van der Waals surface area (Å²) in [6.07, 6.45) is -0.126. The van der Waals surface area contributed by atoms with Crippen molar-refractivity contribution in [2.75, 3.05) is 35.4 Å². The fourth-order valence-corrected chi connectivity index (χ4v) is 7.76. The summed E-state index contributed by atoms with van der Waals surface area (Å²) in [6, 6.07) is 11.7. The van der Waals surface area contributed by atoms with E-state index in [1.807, 2.05) is 0 Å². The van der Waals surface area contributed by atoms with Gasteiger partial charge >= 0.3 is 0 Å². The topological polar surface area (TPSA) is 184 Å². The summed E-state index contributed by atoms with van der Waals surface area (Å²) >= 11 is 0. The Morgan fingerprint density at radius 1 is 0.644 bits per heavy atom. The molecule has 3 aromatic carbocycles. The van der Waals surface area contributed by atoms with Crippen LogP contribution in [-0.2, 0) is 52.8 Å². The van der Waals surface area contributed by atoms with E-state index in [1.165, 1.54) is 63.9 Å². The van der Waals surface area contributed by atoms with E-state index in [0.717, 1.165) is 4.90 Å². The molecular formula is C43H50N6O10. The van der Waals surface area contributed by atoms with Crippen LogP contribution in [0, 0.1) is 0 Å². The van der Waals surface area contributed by atoms with Crippen molar-refractivity contribution >= 4 is 41.4 Å². The molecule has 6 bridgehead atoms. The Kier molecular flexibility index (Phi) is 12.6. The van der Waals surface area contributed by atoms with Crippen molar-refractivity contribution in [1.29, 1.82) is 0 Å². The zero-order valence-corrected chi connectivity index (χ0v) is 34.2. The third-order valence-electron chi connectivity index (χ3n) is 11.4. The number of nitrogens with zero attached hydrogens (tertiary/aromatic N) is 4. The average Bonchev–Trinajstić information content (AvgIpc) is 3.62. The largest absolute Gasteiger partial charge is 0.497 e. The molecule has 4 aliphatic rings. The van der Waals surface area contributed by atoms with Crippen molar-refractivity contribution in [3.05, 3.63) is 83.4 Å². The molecule has 0 unspecified atom stereocenters. The predicted octanol–water partition coefficient (Wildman–Crippen LogP) is 1.86. The maximum absolute atomic E-state index is 14.8. The molecule has 2 saturated heterocycles. The number of amides is 7. The molecule has 0 aromatic heterocycles. The number of fused-ring (bicyclic) bond motifs is 3. The van der Waals surface area contributed by atoms with Crippen molar-refractivity contribution in [2.45, 2.75) is 82.2 Å². The van der Waals surface area contributed by atoms with Crippen LogP contribution in [0.4, 0.5) is 0 Å². The first-order valence-electron chi connectivity index (χ1n) is 19.4. The van der Waals surface area contributed by atoms with Gasteiger partial charge in [-0.3, -0.25) is 38.5 Å². The molecule has 312 valence electrons. The van der Waals surface area contributed by atoms with Gasteiger partial charge in [-0.05, 0) is 73.4 Å². The average molecular weight is 811 g/mol. The molecule has 6 atom stereocenters. The SMILES string of the molecule is COc1ccc(C[C@H]2C(=O)N[C@H](C)C(=O)N(C)[C@H]3Cc4ccc(cc4)Oc4cc(ccc4OC)C[C@@H](C(=O)N[C@H](C)C(=O)N4C(=O)CC[C@H]4C(=O)N2C)N(C)C3=O)cc1. The van der Waals surface area contributed by atoms with Crippen LogP contribution in [0.2, 0.25) is 0 Å². The van der Waals surface area contributed by atoms with E-state index in [-0.39, 0.29) is 32.1 Å². The van der Waals surface area contributed by atoms with E-state index in [1.54, 1.807) is 66.7 Å². The Balaban J connectivity index is 1.44. The molecule has 0 spiro atoms. The highest BCUT2D eigenvalue weighted by atomic mass is 16.5. The number of benzene rings is 3. The molecule has 4 heterocycles. The summed E-state index contributed by atoms with van der Waals surface area (Å²) < 4.78 is 17.0. The lowest BCUT2D eigenvalue weighted by Crippen LogP contribution is -2.62. The molecule has 2 fully saturated rings. The quantitative estimate of drug-likeness (QED) is 0.369. The number of imide groups is 1. The highest BCUT2D eigenvalue weighted by molar-refractivity contribution is 6.06. The first-order chi connectivity index (χ1) is 28.1. The number of carbonyl (C=O) groups is 7. The number of ether oxygens (including phenoxy) is 3. The Labute approximate surface area is 342 Å². The Morgan fingerprint density at radius 2 is 1.24 bits per heavy atom. The molecule has 16 heteroatoms. The summed E-state index contributed by atoms with van der Waals surface area (Å²) in [7, 11) is 7.34. The van der Waals surface area contributed by atoms with Crippen LogP contribution in [0.5, 0.6) is 23.0 Å². The number of rotatable bonds is 4. The second-order valence-corrected chi connectivity index (χ2v) is 15.2. The van der Waals surface area contributed by atoms with Gasteiger partial charge in [-0.2, -0.15) is 0 Å². The van der Waals surface area contributed by atoms with Gasteiger partial charge in [0.15, 0.2) is 11.5 Å². The van der Waals surface area contributed by atoms with E-state index in [9.17, 15) is 33.6 Å². The summed E-state index contributed by atoms with van der Waals surface area (Å²) in [4.78, 5) is 104. The third kappa shape index (κ3) is 8.86. The molecule has 7 amide bonds. The highest BCUT2D eigenvalue weighted by Gasteiger charge is 2.46. The Bertz CT molecular complexity index is 2130. The Morgan fingerprint density at radius 3 is 1.90 bits per heavy atom. The summed E-state index contributed by atoms with van der Waals surface area (Å²) in [5.41, 5.74) is 1.92. The van der Waals surface area contributed by atoms with Crippen molar-refractivity contribution < 1.29 is 47.8 Å². The van der Waals surface area contributed by atoms with E-state index in [2.05, 4.69) is 10.6 Å². The maximum Gasteiger partial charge on any atom is 0.252 e. The number of carbonyl (C=O) groups excluding carboxylic acids is 7. The van der Waals surface area contributed by atoms with Crippen molar-refractivity contribution in [1.82, 2.24) is 30.2 Å². The van der Waals surface area contributed by atoms with Crippen LogP contribution >= 0.6 is 0 Å². The minimum Gasteiger partial charge on any atom is -0.497 e. The van der Waals surface area contributed by atoms with Gasteiger partial charge in [-0.1, -0.05) is 30.3 Å². The first-order valence-corrected chi connectivity index (χ1v) is 19.4. The van der Waals surface area contributed by atoms with Crippen LogP contribution in [0.1, 0.15) is 43.4 Å². The van der Waals surface area contributed by atoms with Gasteiger partial charge in [0.2, 0.25) is 35.4 Å². The molecule has 59 heavy (non-hydrogen) atoms. The van der Waals surface area contributed by atoms with Crippen LogP contribution in [0.3, 0.4) is 0 Å². The third-order valence-corrected chi connectivity index (χ3v) is 11.4. The van der Waals surface area contributed by atoms with E-state index < -0.39 is 77.6 Å². The first kappa shape index (κ1) is 42.2. The molecule has 0 radical (unpaired) electrons. The van der Waals surface area contributed by atoms with Gasteiger partial charge in [0, 0.05) is 46.8 Å². The maximum atomic E-state index is 14.8. The lowest BCUT2D eigenvalue weighted by Gasteiger charge is -2.37. The van der Waals surface area contributed by atoms with Gasteiger partial charge < -0.3 is 39.5 Å². The monoisotopic (exact) mass is 810 g/mol. The van der Waals surface area contributed by atoms with E-state index in [4.69, 9.17) is 14.2 Å². The lowest BCUT2D eigenvalue weighted by atomic mass is 9.98. The molecule has 7 rings (SSSR count). The molecule has 4 aliphatic heterocycles. The van der Waals surface area contributed by atoms with Crippen LogP contribution in [0.15, 0.2) is 66.7 Å². The molecule has 16 nitrogen and oxygen atoms in total. The molecule has 0 saturated carbocycles. The minimum absolute atomic E-state index is 0.00335. The Hall–Kier alpha value is -6.45. The van der Waals surface area contributed by atoms with Crippen molar-refractivity contribution in [3.63, 3.8) is 0 Å². The zero-order chi connectivity index (χ0) is 42.7. The second-order valence-electron chi connectivity index (χ2n) is 15.2. The minimum atomic E-state index is -1.31. The lowest BCUT2D eigenvalue weighted by molar-refractivity contribution is -0.154. The summed E-state index contributed by atoms with van der Waals surface area (Å²) in [5, 5.41) is 5.47. The standard InChI is InChI=1S/C43H50N6O10/c1-24-40(53)48(5)34-21-27-10-15-30(16-11-27)59-36-23-28(12-18-35(36)58-7)22-33(47(4)43(34)56)39(52)45-25(2)41(54)49-31(17-19-37(49)50)42(55)46(3)32(38(51)44-24)20-26-8-13-29(57-6)14-9-26/h8-16,18,23-25,31-34H,17,19-22H2,1-7H3,(H,44,51)(H,45,52)/t24-,25-,31+,32+,33+,34+/m1/s1. The predicted molar refractivity (Wildman–Crippen MR) is 213 cm³/mol. The molecule has 2 N–H and O–H groups in total. The number of methoxy groups -OCH3 is 2. The molecule has 3 aromatic rings. The smallest absolute Gasteiger partial charge is 0.252 e. The van der Waals surface area contributed by atoms with Gasteiger partial charge in [-0.25, -0.2) is 0 Å². The number of likely N-dealkylation sites (N-methyl/N-ethyl adjacent to an activating group) is 3. The number of hydrogen-bond donors (Lipinski definition) is 2. The summed E-state index contributed by atoms with van der Waals surface area (Å²) in [5.74, 6) is -2.79. The van der Waals surface area contributed by atoms with Gasteiger partial charge in [0.05, 0.1) is 14.2 Å². The van der Waals surface area contributed by atoms with Crippen molar-refractivity contribution in [3.8, 4) is 23.0 Å². The van der Waals surface area contributed by atoms with Crippen molar-refractivity contribution in [2.24, 2.45) is 0 Å². The number of nitrogens with one attached hydrogen (secondary N) is 2. The fraction of sp³-hybridized carbons (Fsp3) is 0.419. The fourth-order valence-electron chi connectivity index (χ4n) is 7.76. The molecule has 0 aliphatic carbocycles. The van der Waals surface area contributed by atoms with Gasteiger partial charge in [0.25, 0.3) is 5.91 Å². The van der Waals surface area contributed by atoms with Crippen LogP contribution in [-0.4, -0.2) is 133 Å². The van der Waals surface area contributed by atoms with Gasteiger partial charge in [0.1, 0.15) is 47.8 Å².